The van der Waals surface area contributed by atoms with Gasteiger partial charge in [-0.05, 0) is 37.4 Å². The standard InChI is InChI=1S/C26H33N5O3S/c1-18(2)30-16-21(24-22(17-30)26(34)31(27-24)19-7-4-3-5-8-19)25(33)29-12-10-28(11-13-29)23(32)15-20-9-6-14-35-20/h3-9,14,18,21-22,24,27H,10-13,15-17H2,1-2H3. The summed E-state index contributed by atoms with van der Waals surface area (Å²) < 4.78 is 0. The number of hydrogen-bond donors (Lipinski definition) is 1. The van der Waals surface area contributed by atoms with E-state index in [4.69, 9.17) is 0 Å². The van der Waals surface area contributed by atoms with Crippen LogP contribution < -0.4 is 10.4 Å². The molecule has 0 spiro atoms. The third-order valence-electron chi connectivity index (χ3n) is 7.46. The smallest absolute Gasteiger partial charge is 0.247 e. The molecule has 8 nitrogen and oxygen atoms in total. The minimum absolute atomic E-state index is 0.0216. The monoisotopic (exact) mass is 495 g/mol. The summed E-state index contributed by atoms with van der Waals surface area (Å²) in [7, 11) is 0. The lowest BCUT2D eigenvalue weighted by molar-refractivity contribution is -0.145. The van der Waals surface area contributed by atoms with Gasteiger partial charge in [0.2, 0.25) is 17.7 Å². The number of rotatable bonds is 5. The van der Waals surface area contributed by atoms with Crippen molar-refractivity contribution in [3.8, 4) is 0 Å². The molecule has 4 heterocycles. The number of thiophene rings is 1. The summed E-state index contributed by atoms with van der Waals surface area (Å²) in [6, 6.07) is 13.5. The number of anilines is 1. The number of para-hydroxylation sites is 1. The lowest BCUT2D eigenvalue weighted by atomic mass is 9.83. The van der Waals surface area contributed by atoms with Crippen LogP contribution in [0.5, 0.6) is 0 Å². The number of carbonyl (C=O) groups excluding carboxylic acids is 3. The predicted molar refractivity (Wildman–Crippen MR) is 136 cm³/mol. The van der Waals surface area contributed by atoms with E-state index in [-0.39, 0.29) is 41.6 Å². The Bertz CT molecular complexity index is 1050. The molecule has 3 fully saturated rings. The van der Waals surface area contributed by atoms with Crippen LogP contribution in [-0.2, 0) is 20.8 Å². The molecular formula is C26H33N5O3S. The van der Waals surface area contributed by atoms with Crippen molar-refractivity contribution in [3.05, 3.63) is 52.7 Å². The second-order valence-electron chi connectivity index (χ2n) is 9.89. The van der Waals surface area contributed by atoms with Crippen LogP contribution in [0.4, 0.5) is 5.69 Å². The van der Waals surface area contributed by atoms with Gasteiger partial charge in [-0.15, -0.1) is 11.3 Å². The molecule has 5 rings (SSSR count). The quantitative estimate of drug-likeness (QED) is 0.685. The van der Waals surface area contributed by atoms with Crippen LogP contribution in [0.1, 0.15) is 18.7 Å². The number of carbonyl (C=O) groups is 3. The van der Waals surface area contributed by atoms with Gasteiger partial charge in [0, 0.05) is 50.2 Å². The third-order valence-corrected chi connectivity index (χ3v) is 8.33. The van der Waals surface area contributed by atoms with Gasteiger partial charge in [-0.1, -0.05) is 24.3 Å². The lowest BCUT2D eigenvalue weighted by Gasteiger charge is -2.43. The van der Waals surface area contributed by atoms with Crippen LogP contribution >= 0.6 is 11.3 Å². The molecule has 3 atom stereocenters. The van der Waals surface area contributed by atoms with Gasteiger partial charge in [0.25, 0.3) is 0 Å². The maximum absolute atomic E-state index is 13.8. The van der Waals surface area contributed by atoms with Crippen LogP contribution in [0.25, 0.3) is 0 Å². The molecule has 3 aliphatic rings. The summed E-state index contributed by atoms with van der Waals surface area (Å²) in [5.74, 6) is -0.375. The van der Waals surface area contributed by atoms with E-state index in [9.17, 15) is 14.4 Å². The Labute approximate surface area is 210 Å². The first-order valence-corrected chi connectivity index (χ1v) is 13.3. The van der Waals surface area contributed by atoms with E-state index in [0.29, 0.717) is 45.7 Å². The van der Waals surface area contributed by atoms with Crippen molar-refractivity contribution >= 4 is 34.7 Å². The summed E-state index contributed by atoms with van der Waals surface area (Å²) in [5.41, 5.74) is 4.18. The summed E-state index contributed by atoms with van der Waals surface area (Å²) in [6.07, 6.45) is 0.419. The topological polar surface area (TPSA) is 76.2 Å². The molecule has 9 heteroatoms. The van der Waals surface area contributed by atoms with Crippen LogP contribution in [0, 0.1) is 11.8 Å². The van der Waals surface area contributed by atoms with Gasteiger partial charge in [0.15, 0.2) is 0 Å². The normalized spacial score (nSPS) is 25.3. The van der Waals surface area contributed by atoms with E-state index in [1.807, 2.05) is 57.6 Å². The number of nitrogens with one attached hydrogen (secondary N) is 1. The van der Waals surface area contributed by atoms with Crippen molar-refractivity contribution in [1.29, 1.82) is 0 Å². The number of piperazine rings is 1. The highest BCUT2D eigenvalue weighted by molar-refractivity contribution is 7.10. The minimum atomic E-state index is -0.317. The van der Waals surface area contributed by atoms with E-state index in [2.05, 4.69) is 24.2 Å². The second-order valence-corrected chi connectivity index (χ2v) is 10.9. The van der Waals surface area contributed by atoms with E-state index < -0.39 is 0 Å². The molecule has 1 aromatic carbocycles. The van der Waals surface area contributed by atoms with Crippen LogP contribution in [0.3, 0.4) is 0 Å². The maximum Gasteiger partial charge on any atom is 0.247 e. The highest BCUT2D eigenvalue weighted by atomic mass is 32.1. The highest BCUT2D eigenvalue weighted by Gasteiger charge is 2.52. The minimum Gasteiger partial charge on any atom is -0.339 e. The van der Waals surface area contributed by atoms with Crippen molar-refractivity contribution in [1.82, 2.24) is 20.1 Å². The molecule has 0 saturated carbocycles. The van der Waals surface area contributed by atoms with E-state index in [1.165, 1.54) is 0 Å². The van der Waals surface area contributed by atoms with Crippen molar-refractivity contribution < 1.29 is 14.4 Å². The molecule has 0 bridgehead atoms. The SMILES string of the molecule is CC(C)N1CC(C(=O)N2CCN(C(=O)Cc3cccs3)CC2)C2NN(c3ccccc3)C(=O)C2C1. The van der Waals surface area contributed by atoms with Gasteiger partial charge in [0.1, 0.15) is 0 Å². The molecule has 0 radical (unpaired) electrons. The van der Waals surface area contributed by atoms with Gasteiger partial charge in [0.05, 0.1) is 30.0 Å². The molecule has 3 saturated heterocycles. The average Bonchev–Trinajstić information content (AvgIpc) is 3.51. The van der Waals surface area contributed by atoms with Gasteiger partial charge in [-0.2, -0.15) is 0 Å². The van der Waals surface area contributed by atoms with Crippen molar-refractivity contribution in [2.45, 2.75) is 32.4 Å². The highest BCUT2D eigenvalue weighted by Crippen LogP contribution is 2.33. The fourth-order valence-electron chi connectivity index (χ4n) is 5.39. The van der Waals surface area contributed by atoms with Gasteiger partial charge in [-0.25, -0.2) is 10.4 Å². The zero-order valence-corrected chi connectivity index (χ0v) is 21.1. The van der Waals surface area contributed by atoms with E-state index in [1.54, 1.807) is 16.3 Å². The number of benzene rings is 1. The fraction of sp³-hybridized carbons (Fsp3) is 0.500. The molecule has 3 amide bonds. The largest absolute Gasteiger partial charge is 0.339 e. The Balaban J connectivity index is 1.27. The Morgan fingerprint density at radius 1 is 1.00 bits per heavy atom. The maximum atomic E-state index is 13.8. The summed E-state index contributed by atoms with van der Waals surface area (Å²) in [6.45, 7) is 7.65. The zero-order valence-electron chi connectivity index (χ0n) is 20.3. The summed E-state index contributed by atoms with van der Waals surface area (Å²) >= 11 is 1.59. The van der Waals surface area contributed by atoms with Crippen LogP contribution in [0.15, 0.2) is 47.8 Å². The lowest BCUT2D eigenvalue weighted by Crippen LogP contribution is -2.61. The predicted octanol–water partition coefficient (Wildman–Crippen LogP) is 1.84. The number of amides is 3. The van der Waals surface area contributed by atoms with Gasteiger partial charge in [-0.3, -0.25) is 19.3 Å². The number of nitrogens with zero attached hydrogens (tertiary/aromatic N) is 4. The molecule has 1 N–H and O–H groups in total. The Morgan fingerprint density at radius 2 is 1.71 bits per heavy atom. The zero-order chi connectivity index (χ0) is 24.5. The third kappa shape index (κ3) is 4.85. The average molecular weight is 496 g/mol. The Hall–Kier alpha value is -2.75. The number of hydrogen-bond acceptors (Lipinski definition) is 6. The molecule has 2 aromatic rings. The fourth-order valence-corrected chi connectivity index (χ4v) is 6.09. The second kappa shape index (κ2) is 10.1. The first-order valence-electron chi connectivity index (χ1n) is 12.4. The van der Waals surface area contributed by atoms with E-state index >= 15 is 0 Å². The van der Waals surface area contributed by atoms with Crippen molar-refractivity contribution in [2.75, 3.05) is 44.3 Å². The number of piperidine rings is 1. The molecule has 3 unspecified atom stereocenters. The molecule has 186 valence electrons. The van der Waals surface area contributed by atoms with Crippen LogP contribution in [-0.4, -0.2) is 83.8 Å². The molecule has 0 aliphatic carbocycles. The Morgan fingerprint density at radius 3 is 2.37 bits per heavy atom. The van der Waals surface area contributed by atoms with Crippen LogP contribution in [0.2, 0.25) is 0 Å². The summed E-state index contributed by atoms with van der Waals surface area (Å²) in [4.78, 5) is 46.9. The first kappa shape index (κ1) is 24.0. The molecule has 35 heavy (non-hydrogen) atoms. The molecule has 3 aliphatic heterocycles. The van der Waals surface area contributed by atoms with Gasteiger partial charge < -0.3 is 9.80 Å². The van der Waals surface area contributed by atoms with Gasteiger partial charge >= 0.3 is 0 Å². The van der Waals surface area contributed by atoms with Crippen molar-refractivity contribution in [2.24, 2.45) is 11.8 Å². The Kier molecular flexibility index (Phi) is 6.91. The molecular weight excluding hydrogens is 462 g/mol. The molecule has 1 aromatic heterocycles. The number of fused-ring (bicyclic) bond motifs is 1. The summed E-state index contributed by atoms with van der Waals surface area (Å²) in [5, 5.41) is 3.61. The first-order chi connectivity index (χ1) is 16.9. The van der Waals surface area contributed by atoms with E-state index in [0.717, 1.165) is 10.6 Å². The number of hydrazine groups is 1. The van der Waals surface area contributed by atoms with Crippen molar-refractivity contribution in [3.63, 3.8) is 0 Å². The number of likely N-dealkylation sites (tertiary alicyclic amines) is 1.